The number of amides is 1. The number of hydrogen-bond acceptors (Lipinski definition) is 5. The van der Waals surface area contributed by atoms with Gasteiger partial charge in [-0.05, 0) is 43.7 Å². The van der Waals surface area contributed by atoms with Crippen LogP contribution in [-0.4, -0.2) is 32.6 Å². The number of aromatic amines is 1. The molecule has 7 heteroatoms. The van der Waals surface area contributed by atoms with Gasteiger partial charge < -0.3 is 10.1 Å². The molecule has 0 aliphatic carbocycles. The van der Waals surface area contributed by atoms with Gasteiger partial charge in [0.15, 0.2) is 0 Å². The molecule has 1 aromatic carbocycles. The topological polar surface area (TPSA) is 92.8 Å². The highest BCUT2D eigenvalue weighted by atomic mass is 16.5. The summed E-state index contributed by atoms with van der Waals surface area (Å²) in [6.45, 7) is 5.83. The Kier molecular flexibility index (Phi) is 4.29. The van der Waals surface area contributed by atoms with Crippen molar-refractivity contribution in [3.8, 4) is 5.75 Å². The molecule has 7 nitrogen and oxygen atoms in total. The fraction of sp³-hybridized carbons (Fsp3) is 0.385. The predicted molar refractivity (Wildman–Crippen MR) is 72.3 cm³/mol. The second-order valence-corrected chi connectivity index (χ2v) is 4.67. The maximum atomic E-state index is 11.8. The Hall–Kier alpha value is -2.44. The van der Waals surface area contributed by atoms with Gasteiger partial charge in [0.1, 0.15) is 5.75 Å². The minimum Gasteiger partial charge on any atom is -0.491 e. The Labute approximate surface area is 116 Å². The summed E-state index contributed by atoms with van der Waals surface area (Å²) in [5.74, 6) is 0.464. The number of tetrazole rings is 1. The Morgan fingerprint density at radius 1 is 1.25 bits per heavy atom. The first-order chi connectivity index (χ1) is 9.56. The molecule has 0 fully saturated rings. The summed E-state index contributed by atoms with van der Waals surface area (Å²) >= 11 is 0. The van der Waals surface area contributed by atoms with E-state index in [0.29, 0.717) is 0 Å². The normalized spacial score (nSPS) is 12.2. The fourth-order valence-electron chi connectivity index (χ4n) is 1.71. The third-order valence-corrected chi connectivity index (χ3v) is 2.65. The molecular weight excluding hydrogens is 258 g/mol. The Morgan fingerprint density at radius 2 is 1.95 bits per heavy atom. The molecule has 0 saturated carbocycles. The van der Waals surface area contributed by atoms with E-state index in [1.165, 1.54) is 0 Å². The molecule has 1 amide bonds. The minimum absolute atomic E-state index is 0.0246. The highest BCUT2D eigenvalue weighted by Crippen LogP contribution is 2.18. The predicted octanol–water partition coefficient (Wildman–Crippen LogP) is 1.48. The Bertz CT molecular complexity index is 551. The van der Waals surface area contributed by atoms with Gasteiger partial charge >= 0.3 is 0 Å². The van der Waals surface area contributed by atoms with E-state index in [4.69, 9.17) is 4.74 Å². The molecule has 20 heavy (non-hydrogen) atoms. The first-order valence-electron chi connectivity index (χ1n) is 6.37. The molecule has 2 aromatic rings. The molecule has 0 aliphatic rings. The third kappa shape index (κ3) is 3.53. The molecular formula is C13H17N5O2. The molecule has 0 radical (unpaired) electrons. The first kappa shape index (κ1) is 14.0. The summed E-state index contributed by atoms with van der Waals surface area (Å²) in [5.41, 5.74) is 0.970. The van der Waals surface area contributed by atoms with E-state index >= 15 is 0 Å². The van der Waals surface area contributed by atoms with Crippen LogP contribution in [0.2, 0.25) is 0 Å². The highest BCUT2D eigenvalue weighted by molar-refractivity contribution is 5.90. The van der Waals surface area contributed by atoms with Crippen LogP contribution < -0.4 is 10.1 Å². The molecule has 1 heterocycles. The van der Waals surface area contributed by atoms with Crippen molar-refractivity contribution < 1.29 is 9.53 Å². The highest BCUT2D eigenvalue weighted by Gasteiger charge is 2.14. The van der Waals surface area contributed by atoms with Crippen LogP contribution >= 0.6 is 0 Å². The molecule has 2 N–H and O–H groups in total. The number of rotatable bonds is 5. The SMILES string of the molecule is CC(C)Oc1ccc(C(C)NC(=O)c2nn[nH]n2)cc1. The van der Waals surface area contributed by atoms with Crippen LogP contribution in [0.25, 0.3) is 0 Å². The molecule has 0 saturated heterocycles. The summed E-state index contributed by atoms with van der Waals surface area (Å²) in [6, 6.07) is 7.44. The van der Waals surface area contributed by atoms with E-state index in [1.54, 1.807) is 0 Å². The van der Waals surface area contributed by atoms with Crippen LogP contribution in [0.5, 0.6) is 5.75 Å². The van der Waals surface area contributed by atoms with E-state index in [1.807, 2.05) is 45.0 Å². The number of nitrogens with one attached hydrogen (secondary N) is 2. The lowest BCUT2D eigenvalue weighted by atomic mass is 10.1. The average molecular weight is 275 g/mol. The lowest BCUT2D eigenvalue weighted by Crippen LogP contribution is -2.27. The van der Waals surface area contributed by atoms with Gasteiger partial charge in [0.2, 0.25) is 0 Å². The second kappa shape index (κ2) is 6.14. The number of nitrogens with zero attached hydrogens (tertiary/aromatic N) is 3. The van der Waals surface area contributed by atoms with Crippen LogP contribution in [0, 0.1) is 0 Å². The van der Waals surface area contributed by atoms with Gasteiger partial charge in [-0.25, -0.2) is 0 Å². The number of carbonyl (C=O) groups is 1. The molecule has 1 atom stereocenters. The molecule has 1 unspecified atom stereocenters. The largest absolute Gasteiger partial charge is 0.491 e. The first-order valence-corrected chi connectivity index (χ1v) is 6.37. The van der Waals surface area contributed by atoms with Gasteiger partial charge in [-0.2, -0.15) is 5.21 Å². The van der Waals surface area contributed by atoms with Crippen LogP contribution in [0.1, 0.15) is 43.0 Å². The van der Waals surface area contributed by atoms with E-state index < -0.39 is 0 Å². The summed E-state index contributed by atoms with van der Waals surface area (Å²) in [6.07, 6.45) is 0.135. The number of benzene rings is 1. The maximum absolute atomic E-state index is 11.8. The van der Waals surface area contributed by atoms with Crippen molar-refractivity contribution in [2.24, 2.45) is 0 Å². The summed E-state index contributed by atoms with van der Waals surface area (Å²) in [5, 5.41) is 15.6. The van der Waals surface area contributed by atoms with Crippen LogP contribution in [-0.2, 0) is 0 Å². The van der Waals surface area contributed by atoms with E-state index in [0.717, 1.165) is 11.3 Å². The number of H-pyrrole nitrogens is 1. The number of ether oxygens (including phenoxy) is 1. The van der Waals surface area contributed by atoms with Crippen LogP contribution in [0.4, 0.5) is 0 Å². The summed E-state index contributed by atoms with van der Waals surface area (Å²) < 4.78 is 5.57. The number of hydrogen-bond donors (Lipinski definition) is 2. The van der Waals surface area contributed by atoms with Crippen molar-refractivity contribution in [2.75, 3.05) is 0 Å². The minimum atomic E-state index is -0.367. The van der Waals surface area contributed by atoms with Crippen molar-refractivity contribution in [3.05, 3.63) is 35.7 Å². The number of aromatic nitrogens is 4. The van der Waals surface area contributed by atoms with E-state index in [2.05, 4.69) is 25.9 Å². The summed E-state index contributed by atoms with van der Waals surface area (Å²) in [4.78, 5) is 11.8. The molecule has 0 bridgehead atoms. The smallest absolute Gasteiger partial charge is 0.293 e. The zero-order valence-corrected chi connectivity index (χ0v) is 11.6. The molecule has 2 rings (SSSR count). The molecule has 0 aliphatic heterocycles. The zero-order chi connectivity index (χ0) is 14.5. The summed E-state index contributed by atoms with van der Waals surface area (Å²) in [7, 11) is 0. The molecule has 106 valence electrons. The van der Waals surface area contributed by atoms with Gasteiger partial charge in [-0.15, -0.1) is 10.2 Å². The standard InChI is InChI=1S/C13H17N5O2/c1-8(2)20-11-6-4-10(5-7-11)9(3)14-13(19)12-15-17-18-16-12/h4-9H,1-3H3,(H,14,19)(H,15,16,17,18). The quantitative estimate of drug-likeness (QED) is 0.862. The lowest BCUT2D eigenvalue weighted by Gasteiger charge is -2.14. The van der Waals surface area contributed by atoms with Crippen LogP contribution in [0.3, 0.4) is 0 Å². The van der Waals surface area contributed by atoms with Crippen molar-refractivity contribution in [1.82, 2.24) is 25.9 Å². The number of carbonyl (C=O) groups excluding carboxylic acids is 1. The van der Waals surface area contributed by atoms with Crippen molar-refractivity contribution in [1.29, 1.82) is 0 Å². The van der Waals surface area contributed by atoms with Crippen molar-refractivity contribution in [2.45, 2.75) is 32.9 Å². The van der Waals surface area contributed by atoms with Gasteiger partial charge in [0.25, 0.3) is 11.7 Å². The monoisotopic (exact) mass is 275 g/mol. The van der Waals surface area contributed by atoms with Crippen molar-refractivity contribution >= 4 is 5.91 Å². The van der Waals surface area contributed by atoms with Gasteiger partial charge in [-0.3, -0.25) is 4.79 Å². The molecule has 1 aromatic heterocycles. The Morgan fingerprint density at radius 3 is 2.50 bits per heavy atom. The Balaban J connectivity index is 1.98. The van der Waals surface area contributed by atoms with Crippen LogP contribution in [0.15, 0.2) is 24.3 Å². The van der Waals surface area contributed by atoms with Gasteiger partial charge in [0.05, 0.1) is 12.1 Å². The maximum Gasteiger partial charge on any atom is 0.293 e. The van der Waals surface area contributed by atoms with Gasteiger partial charge in [-0.1, -0.05) is 12.1 Å². The third-order valence-electron chi connectivity index (χ3n) is 2.65. The van der Waals surface area contributed by atoms with Gasteiger partial charge in [0, 0.05) is 0 Å². The van der Waals surface area contributed by atoms with E-state index in [9.17, 15) is 4.79 Å². The molecule has 0 spiro atoms. The average Bonchev–Trinajstić information content (AvgIpc) is 2.92. The fourth-order valence-corrected chi connectivity index (χ4v) is 1.71. The zero-order valence-electron chi connectivity index (χ0n) is 11.6. The van der Waals surface area contributed by atoms with Crippen molar-refractivity contribution in [3.63, 3.8) is 0 Å². The van der Waals surface area contributed by atoms with E-state index in [-0.39, 0.29) is 23.9 Å². The lowest BCUT2D eigenvalue weighted by molar-refractivity contribution is 0.0929. The second-order valence-electron chi connectivity index (χ2n) is 4.67.